The van der Waals surface area contributed by atoms with Gasteiger partial charge in [-0.15, -0.1) is 0 Å². The van der Waals surface area contributed by atoms with Crippen LogP contribution >= 0.6 is 0 Å². The molecule has 0 saturated heterocycles. The number of rotatable bonds is 5. The maximum absolute atomic E-state index is 8.83. The Morgan fingerprint density at radius 3 is 2.78 bits per heavy atom. The van der Waals surface area contributed by atoms with Crippen LogP contribution in [0.3, 0.4) is 0 Å². The molecular weight excluding hydrogens is 224 g/mol. The molecule has 0 aliphatic heterocycles. The SMILES string of the molecule is CC(C)c1ccccc1-c1cnn(CCCO)c1. The molecule has 18 heavy (non-hydrogen) atoms. The average Bonchev–Trinajstić information content (AvgIpc) is 2.85. The average molecular weight is 244 g/mol. The van der Waals surface area contributed by atoms with Crippen LogP contribution in [-0.4, -0.2) is 21.5 Å². The second-order valence-electron chi connectivity index (χ2n) is 4.81. The third kappa shape index (κ3) is 2.79. The molecule has 2 aromatic rings. The van der Waals surface area contributed by atoms with E-state index in [9.17, 15) is 0 Å². The summed E-state index contributed by atoms with van der Waals surface area (Å²) < 4.78 is 1.89. The Kier molecular flexibility index (Phi) is 4.15. The minimum atomic E-state index is 0.206. The topological polar surface area (TPSA) is 38.0 Å². The number of hydrogen-bond donors (Lipinski definition) is 1. The Bertz CT molecular complexity index is 503. The summed E-state index contributed by atoms with van der Waals surface area (Å²) in [5.41, 5.74) is 3.75. The maximum Gasteiger partial charge on any atom is 0.0568 e. The van der Waals surface area contributed by atoms with Crippen LogP contribution < -0.4 is 0 Å². The van der Waals surface area contributed by atoms with Crippen LogP contribution in [0, 0.1) is 0 Å². The first-order chi connectivity index (χ1) is 8.72. The molecule has 0 saturated carbocycles. The van der Waals surface area contributed by atoms with Crippen molar-refractivity contribution in [3.05, 3.63) is 42.2 Å². The van der Waals surface area contributed by atoms with Gasteiger partial charge in [-0.3, -0.25) is 4.68 Å². The van der Waals surface area contributed by atoms with Gasteiger partial charge in [0, 0.05) is 24.9 Å². The number of aryl methyl sites for hydroxylation is 1. The molecule has 3 nitrogen and oxygen atoms in total. The summed E-state index contributed by atoms with van der Waals surface area (Å²) in [7, 11) is 0. The largest absolute Gasteiger partial charge is 0.396 e. The lowest BCUT2D eigenvalue weighted by molar-refractivity contribution is 0.277. The zero-order chi connectivity index (χ0) is 13.0. The highest BCUT2D eigenvalue weighted by Crippen LogP contribution is 2.28. The predicted octanol–water partition coefficient (Wildman–Crippen LogP) is 3.06. The number of nitrogens with zero attached hydrogens (tertiary/aromatic N) is 2. The van der Waals surface area contributed by atoms with Crippen molar-refractivity contribution in [1.82, 2.24) is 9.78 Å². The molecule has 1 aromatic carbocycles. The highest BCUT2D eigenvalue weighted by Gasteiger charge is 2.09. The highest BCUT2D eigenvalue weighted by molar-refractivity contribution is 5.66. The van der Waals surface area contributed by atoms with Crippen LogP contribution in [0.2, 0.25) is 0 Å². The van der Waals surface area contributed by atoms with Gasteiger partial charge in [0.15, 0.2) is 0 Å². The van der Waals surface area contributed by atoms with Gasteiger partial charge in [0.1, 0.15) is 0 Å². The van der Waals surface area contributed by atoms with E-state index in [2.05, 4.69) is 49.4 Å². The van der Waals surface area contributed by atoms with Crippen LogP contribution in [-0.2, 0) is 6.54 Å². The van der Waals surface area contributed by atoms with Crippen molar-refractivity contribution in [2.45, 2.75) is 32.7 Å². The molecule has 3 heteroatoms. The van der Waals surface area contributed by atoms with Crippen LogP contribution in [0.1, 0.15) is 31.7 Å². The molecule has 0 aliphatic rings. The zero-order valence-electron chi connectivity index (χ0n) is 11.0. The molecule has 0 fully saturated rings. The third-order valence-electron chi connectivity index (χ3n) is 3.07. The number of hydrogen-bond acceptors (Lipinski definition) is 2. The van der Waals surface area contributed by atoms with Crippen molar-refractivity contribution in [3.63, 3.8) is 0 Å². The van der Waals surface area contributed by atoms with Gasteiger partial charge in [-0.25, -0.2) is 0 Å². The van der Waals surface area contributed by atoms with E-state index in [4.69, 9.17) is 5.11 Å². The van der Waals surface area contributed by atoms with Gasteiger partial charge in [-0.2, -0.15) is 5.10 Å². The lowest BCUT2D eigenvalue weighted by Gasteiger charge is -2.10. The lowest BCUT2D eigenvalue weighted by atomic mass is 9.94. The molecule has 96 valence electrons. The van der Waals surface area contributed by atoms with Gasteiger partial charge in [0.25, 0.3) is 0 Å². The molecule has 0 radical (unpaired) electrons. The van der Waals surface area contributed by atoms with Crippen LogP contribution in [0.4, 0.5) is 0 Å². The Morgan fingerprint density at radius 2 is 2.06 bits per heavy atom. The van der Waals surface area contributed by atoms with Crippen molar-refractivity contribution in [2.75, 3.05) is 6.61 Å². The van der Waals surface area contributed by atoms with Gasteiger partial charge < -0.3 is 5.11 Å². The molecular formula is C15H20N2O. The standard InChI is InChI=1S/C15H20N2O/c1-12(2)14-6-3-4-7-15(14)13-10-16-17(11-13)8-5-9-18/h3-4,6-7,10-12,18H,5,8-9H2,1-2H3. The van der Waals surface area contributed by atoms with Crippen molar-refractivity contribution in [1.29, 1.82) is 0 Å². The zero-order valence-corrected chi connectivity index (χ0v) is 11.0. The minimum absolute atomic E-state index is 0.206. The molecule has 1 N–H and O–H groups in total. The third-order valence-corrected chi connectivity index (χ3v) is 3.07. The first-order valence-electron chi connectivity index (χ1n) is 6.45. The van der Waals surface area contributed by atoms with Gasteiger partial charge in [-0.1, -0.05) is 38.1 Å². The minimum Gasteiger partial charge on any atom is -0.396 e. The van der Waals surface area contributed by atoms with E-state index in [1.165, 1.54) is 11.1 Å². The fourth-order valence-electron chi connectivity index (χ4n) is 2.12. The summed E-state index contributed by atoms with van der Waals surface area (Å²) in [4.78, 5) is 0. The van der Waals surface area contributed by atoms with Crippen molar-refractivity contribution >= 4 is 0 Å². The van der Waals surface area contributed by atoms with E-state index in [0.717, 1.165) is 18.5 Å². The highest BCUT2D eigenvalue weighted by atomic mass is 16.3. The van der Waals surface area contributed by atoms with E-state index in [0.29, 0.717) is 5.92 Å². The monoisotopic (exact) mass is 244 g/mol. The predicted molar refractivity (Wildman–Crippen MR) is 73.5 cm³/mol. The Hall–Kier alpha value is -1.61. The van der Waals surface area contributed by atoms with Crippen molar-refractivity contribution in [3.8, 4) is 11.1 Å². The van der Waals surface area contributed by atoms with Crippen LogP contribution in [0.5, 0.6) is 0 Å². The number of benzene rings is 1. The Morgan fingerprint density at radius 1 is 1.28 bits per heavy atom. The normalized spacial score (nSPS) is 11.1. The van der Waals surface area contributed by atoms with Gasteiger partial charge >= 0.3 is 0 Å². The van der Waals surface area contributed by atoms with Crippen molar-refractivity contribution < 1.29 is 5.11 Å². The van der Waals surface area contributed by atoms with Crippen LogP contribution in [0.15, 0.2) is 36.7 Å². The van der Waals surface area contributed by atoms with Gasteiger partial charge in [-0.05, 0) is 23.5 Å². The molecule has 0 aliphatic carbocycles. The number of aliphatic hydroxyl groups excluding tert-OH is 1. The summed E-state index contributed by atoms with van der Waals surface area (Å²) in [6, 6.07) is 8.45. The molecule has 0 bridgehead atoms. The molecule has 0 atom stereocenters. The van der Waals surface area contributed by atoms with E-state index in [1.807, 2.05) is 10.9 Å². The first kappa shape index (κ1) is 12.8. The fraction of sp³-hybridized carbons (Fsp3) is 0.400. The van der Waals surface area contributed by atoms with E-state index in [-0.39, 0.29) is 6.61 Å². The van der Waals surface area contributed by atoms with Crippen LogP contribution in [0.25, 0.3) is 11.1 Å². The Labute approximate surface area is 108 Å². The van der Waals surface area contributed by atoms with Crippen molar-refractivity contribution in [2.24, 2.45) is 0 Å². The van der Waals surface area contributed by atoms with E-state index < -0.39 is 0 Å². The lowest BCUT2D eigenvalue weighted by Crippen LogP contribution is -1.99. The smallest absolute Gasteiger partial charge is 0.0568 e. The molecule has 1 heterocycles. The second kappa shape index (κ2) is 5.83. The summed E-state index contributed by atoms with van der Waals surface area (Å²) in [6.45, 7) is 5.38. The summed E-state index contributed by atoms with van der Waals surface area (Å²) in [6.07, 6.45) is 4.70. The van der Waals surface area contributed by atoms with Gasteiger partial charge in [0.05, 0.1) is 6.20 Å². The van der Waals surface area contributed by atoms with Gasteiger partial charge in [0.2, 0.25) is 0 Å². The number of aliphatic hydroxyl groups is 1. The summed E-state index contributed by atoms with van der Waals surface area (Å²) in [5.74, 6) is 0.502. The quantitative estimate of drug-likeness (QED) is 0.877. The van der Waals surface area contributed by atoms with E-state index in [1.54, 1.807) is 0 Å². The molecule has 0 spiro atoms. The second-order valence-corrected chi connectivity index (χ2v) is 4.81. The molecule has 1 aromatic heterocycles. The molecule has 0 amide bonds. The number of aromatic nitrogens is 2. The van der Waals surface area contributed by atoms with E-state index >= 15 is 0 Å². The fourth-order valence-corrected chi connectivity index (χ4v) is 2.12. The maximum atomic E-state index is 8.83. The Balaban J connectivity index is 2.28. The molecule has 2 rings (SSSR count). The first-order valence-corrected chi connectivity index (χ1v) is 6.45. The summed E-state index contributed by atoms with van der Waals surface area (Å²) in [5, 5.41) is 13.2. The summed E-state index contributed by atoms with van der Waals surface area (Å²) >= 11 is 0. The molecule has 0 unspecified atom stereocenters.